The van der Waals surface area contributed by atoms with E-state index >= 15 is 0 Å². The molecule has 2 N–H and O–H groups in total. The van der Waals surface area contributed by atoms with Gasteiger partial charge in [0.25, 0.3) is 5.91 Å². The molecule has 15 heavy (non-hydrogen) atoms. The second-order valence-corrected chi connectivity index (χ2v) is 3.36. The highest BCUT2D eigenvalue weighted by Gasteiger charge is 2.12. The van der Waals surface area contributed by atoms with Crippen molar-refractivity contribution in [3.8, 4) is 0 Å². The van der Waals surface area contributed by atoms with Crippen LogP contribution < -0.4 is 5.73 Å². The monoisotopic (exact) mass is 207 g/mol. The summed E-state index contributed by atoms with van der Waals surface area (Å²) in [5.41, 5.74) is 6.97. The van der Waals surface area contributed by atoms with Gasteiger partial charge in [-0.25, -0.2) is 0 Å². The molecule has 0 fully saturated rings. The molecule has 1 heterocycles. The molecule has 0 radical (unpaired) electrons. The number of nitrogens with zero attached hydrogens (tertiary/aromatic N) is 2. The third kappa shape index (κ3) is 3.02. The maximum absolute atomic E-state index is 11.9. The molecule has 82 valence electrons. The second kappa shape index (κ2) is 5.46. The first-order chi connectivity index (χ1) is 7.19. The summed E-state index contributed by atoms with van der Waals surface area (Å²) in [6, 6.07) is 3.63. The van der Waals surface area contributed by atoms with Gasteiger partial charge in [-0.05, 0) is 26.0 Å². The van der Waals surface area contributed by atoms with Crippen molar-refractivity contribution in [1.29, 1.82) is 0 Å². The molecule has 0 aliphatic heterocycles. The summed E-state index contributed by atoms with van der Waals surface area (Å²) in [5.74, 6) is -0.00421. The van der Waals surface area contributed by atoms with Gasteiger partial charge < -0.3 is 10.6 Å². The zero-order valence-electron chi connectivity index (χ0n) is 9.23. The Morgan fingerprint density at radius 1 is 1.53 bits per heavy atom. The van der Waals surface area contributed by atoms with Crippen LogP contribution in [0.2, 0.25) is 0 Å². The highest BCUT2D eigenvalue weighted by Crippen LogP contribution is 2.04. The molecule has 0 aliphatic rings. The molecule has 0 unspecified atom stereocenters. The van der Waals surface area contributed by atoms with Crippen molar-refractivity contribution in [1.82, 2.24) is 9.88 Å². The fraction of sp³-hybridized carbons (Fsp3) is 0.455. The first-order valence-electron chi connectivity index (χ1n) is 5.11. The van der Waals surface area contributed by atoms with E-state index in [-0.39, 0.29) is 5.91 Å². The normalized spacial score (nSPS) is 10.1. The first-order valence-corrected chi connectivity index (χ1v) is 5.11. The first kappa shape index (κ1) is 11.7. The minimum Gasteiger partial charge on any atom is -0.338 e. The van der Waals surface area contributed by atoms with Gasteiger partial charge in [0.15, 0.2) is 0 Å². The van der Waals surface area contributed by atoms with E-state index in [4.69, 9.17) is 5.73 Å². The van der Waals surface area contributed by atoms with Gasteiger partial charge >= 0.3 is 0 Å². The number of nitrogens with two attached hydrogens (primary N) is 1. The molecule has 1 amide bonds. The predicted molar refractivity (Wildman–Crippen MR) is 59.6 cm³/mol. The van der Waals surface area contributed by atoms with E-state index in [2.05, 4.69) is 4.98 Å². The Morgan fingerprint density at radius 2 is 2.27 bits per heavy atom. The lowest BCUT2D eigenvalue weighted by Gasteiger charge is -2.19. The molecule has 1 aromatic rings. The van der Waals surface area contributed by atoms with Crippen LogP contribution in [0.3, 0.4) is 0 Å². The van der Waals surface area contributed by atoms with E-state index in [0.29, 0.717) is 25.2 Å². The number of carbonyl (C=O) groups excluding carboxylic acids is 1. The molecule has 1 rings (SSSR count). The molecule has 0 saturated carbocycles. The number of rotatable bonds is 4. The highest BCUT2D eigenvalue weighted by atomic mass is 16.2. The molecule has 0 bridgehead atoms. The van der Waals surface area contributed by atoms with Crippen molar-refractivity contribution >= 4 is 5.91 Å². The molecule has 0 aliphatic carbocycles. The van der Waals surface area contributed by atoms with Crippen LogP contribution >= 0.6 is 0 Å². The minimum absolute atomic E-state index is 0.00421. The summed E-state index contributed by atoms with van der Waals surface area (Å²) in [5, 5.41) is 0. The van der Waals surface area contributed by atoms with E-state index in [0.717, 1.165) is 5.69 Å². The van der Waals surface area contributed by atoms with Gasteiger partial charge in [-0.1, -0.05) is 0 Å². The molecule has 0 aromatic carbocycles. The zero-order chi connectivity index (χ0) is 11.3. The average Bonchev–Trinajstić information content (AvgIpc) is 2.26. The average molecular weight is 207 g/mol. The molecule has 4 heteroatoms. The van der Waals surface area contributed by atoms with Crippen LogP contribution in [0.4, 0.5) is 0 Å². The number of aromatic nitrogens is 1. The van der Waals surface area contributed by atoms with Crippen molar-refractivity contribution < 1.29 is 4.79 Å². The Kier molecular flexibility index (Phi) is 4.24. The van der Waals surface area contributed by atoms with Crippen molar-refractivity contribution in [3.63, 3.8) is 0 Å². The van der Waals surface area contributed by atoms with Crippen LogP contribution in [-0.4, -0.2) is 35.4 Å². The van der Waals surface area contributed by atoms with Gasteiger partial charge in [-0.15, -0.1) is 0 Å². The fourth-order valence-electron chi connectivity index (χ4n) is 1.34. The number of amides is 1. The Morgan fingerprint density at radius 3 is 2.73 bits per heavy atom. The third-order valence-corrected chi connectivity index (χ3v) is 2.23. The van der Waals surface area contributed by atoms with Gasteiger partial charge in [-0.2, -0.15) is 0 Å². The Labute approximate surface area is 90.1 Å². The molecular formula is C11H17N3O. The van der Waals surface area contributed by atoms with Gasteiger partial charge in [0, 0.05) is 31.5 Å². The number of pyridine rings is 1. The molecule has 0 spiro atoms. The quantitative estimate of drug-likeness (QED) is 0.794. The van der Waals surface area contributed by atoms with Gasteiger partial charge in [0.2, 0.25) is 0 Å². The Bertz CT molecular complexity index is 321. The summed E-state index contributed by atoms with van der Waals surface area (Å²) >= 11 is 0. The van der Waals surface area contributed by atoms with Crippen molar-refractivity contribution in [2.75, 3.05) is 19.6 Å². The van der Waals surface area contributed by atoms with E-state index in [1.165, 1.54) is 0 Å². The smallest absolute Gasteiger partial charge is 0.255 e. The third-order valence-electron chi connectivity index (χ3n) is 2.23. The van der Waals surface area contributed by atoms with Gasteiger partial charge in [0.1, 0.15) is 0 Å². The predicted octanol–water partition coefficient (Wildman–Crippen LogP) is 0.811. The van der Waals surface area contributed by atoms with Gasteiger partial charge in [0.05, 0.1) is 5.56 Å². The maximum atomic E-state index is 11.9. The molecule has 0 saturated heterocycles. The molecular weight excluding hydrogens is 190 g/mol. The summed E-state index contributed by atoms with van der Waals surface area (Å²) in [4.78, 5) is 17.7. The van der Waals surface area contributed by atoms with E-state index in [1.54, 1.807) is 17.2 Å². The summed E-state index contributed by atoms with van der Waals surface area (Å²) < 4.78 is 0. The summed E-state index contributed by atoms with van der Waals surface area (Å²) in [6.45, 7) is 5.58. The number of carbonyl (C=O) groups is 1. The summed E-state index contributed by atoms with van der Waals surface area (Å²) in [7, 11) is 0. The lowest BCUT2D eigenvalue weighted by molar-refractivity contribution is 0.0768. The lowest BCUT2D eigenvalue weighted by atomic mass is 10.2. The molecule has 1 aromatic heterocycles. The molecule has 4 nitrogen and oxygen atoms in total. The topological polar surface area (TPSA) is 59.2 Å². The Hall–Kier alpha value is -1.42. The van der Waals surface area contributed by atoms with E-state index < -0.39 is 0 Å². The van der Waals surface area contributed by atoms with Crippen molar-refractivity contribution in [2.45, 2.75) is 13.8 Å². The molecule has 0 atom stereocenters. The lowest BCUT2D eigenvalue weighted by Crippen LogP contribution is -2.35. The zero-order valence-corrected chi connectivity index (χ0v) is 9.23. The fourth-order valence-corrected chi connectivity index (χ4v) is 1.34. The van der Waals surface area contributed by atoms with Crippen molar-refractivity contribution in [3.05, 3.63) is 29.6 Å². The number of hydrogen-bond donors (Lipinski definition) is 1. The largest absolute Gasteiger partial charge is 0.338 e. The van der Waals surface area contributed by atoms with Crippen LogP contribution in [0.1, 0.15) is 23.0 Å². The SMILES string of the molecule is CCN(CCN)C(=O)c1ccc(C)nc1. The number of likely N-dealkylation sites (N-methyl/N-ethyl adjacent to an activating group) is 1. The number of hydrogen-bond acceptors (Lipinski definition) is 3. The van der Waals surface area contributed by atoms with E-state index in [1.807, 2.05) is 19.9 Å². The number of aryl methyl sites for hydroxylation is 1. The van der Waals surface area contributed by atoms with Crippen molar-refractivity contribution in [2.24, 2.45) is 5.73 Å². The van der Waals surface area contributed by atoms with E-state index in [9.17, 15) is 4.79 Å². The minimum atomic E-state index is -0.00421. The van der Waals surface area contributed by atoms with Crippen LogP contribution in [-0.2, 0) is 0 Å². The maximum Gasteiger partial charge on any atom is 0.255 e. The Balaban J connectivity index is 2.78. The van der Waals surface area contributed by atoms with Crippen LogP contribution in [0.15, 0.2) is 18.3 Å². The van der Waals surface area contributed by atoms with Crippen LogP contribution in [0, 0.1) is 6.92 Å². The van der Waals surface area contributed by atoms with Crippen LogP contribution in [0.25, 0.3) is 0 Å². The highest BCUT2D eigenvalue weighted by molar-refractivity contribution is 5.93. The summed E-state index contributed by atoms with van der Waals surface area (Å²) in [6.07, 6.45) is 1.61. The second-order valence-electron chi connectivity index (χ2n) is 3.36. The van der Waals surface area contributed by atoms with Gasteiger partial charge in [-0.3, -0.25) is 9.78 Å². The van der Waals surface area contributed by atoms with Crippen LogP contribution in [0.5, 0.6) is 0 Å². The standard InChI is InChI=1S/C11H17N3O/c1-3-14(7-6-12)11(15)10-5-4-9(2)13-8-10/h4-5,8H,3,6-7,12H2,1-2H3.